The topological polar surface area (TPSA) is 96.0 Å². The highest BCUT2D eigenvalue weighted by Crippen LogP contribution is 2.34. The number of morpholine rings is 1. The summed E-state index contributed by atoms with van der Waals surface area (Å²) in [4.78, 5) is 31.3. The molecule has 2 amide bonds. The molecule has 0 saturated carbocycles. The van der Waals surface area contributed by atoms with Gasteiger partial charge in [0.2, 0.25) is 0 Å². The van der Waals surface area contributed by atoms with Gasteiger partial charge in [0.1, 0.15) is 16.5 Å². The lowest BCUT2D eigenvalue weighted by Crippen LogP contribution is -2.46. The predicted molar refractivity (Wildman–Crippen MR) is 118 cm³/mol. The molecule has 0 bridgehead atoms. The Kier molecular flexibility index (Phi) is 5.19. The van der Waals surface area contributed by atoms with Crippen molar-refractivity contribution >= 4 is 38.9 Å². The third kappa shape index (κ3) is 3.81. The molecule has 0 atom stereocenters. The molecule has 154 valence electrons. The second kappa shape index (κ2) is 8.13. The van der Waals surface area contributed by atoms with E-state index in [-0.39, 0.29) is 6.03 Å². The van der Waals surface area contributed by atoms with Crippen LogP contribution in [0.25, 0.3) is 32.2 Å². The lowest BCUT2D eigenvalue weighted by molar-refractivity contribution is 0.0531. The van der Waals surface area contributed by atoms with Crippen LogP contribution in [-0.2, 0) is 11.3 Å². The Bertz CT molecular complexity index is 1190. The van der Waals surface area contributed by atoms with Gasteiger partial charge in [-0.15, -0.1) is 22.7 Å². The summed E-state index contributed by atoms with van der Waals surface area (Å²) in [5.41, 5.74) is 6.51. The molecule has 0 unspecified atom stereocenters. The van der Waals surface area contributed by atoms with Gasteiger partial charge in [-0.1, -0.05) is 6.07 Å². The number of amides is 2. The lowest BCUT2D eigenvalue weighted by atomic mass is 10.1. The van der Waals surface area contributed by atoms with Crippen LogP contribution in [0.3, 0.4) is 0 Å². The molecule has 10 heteroatoms. The number of hydrogen-bond donors (Lipinski definition) is 2. The summed E-state index contributed by atoms with van der Waals surface area (Å²) in [5, 5.41) is 5.82. The minimum Gasteiger partial charge on any atom is -0.378 e. The Balaban J connectivity index is 1.44. The number of H-pyrrole nitrogens is 1. The van der Waals surface area contributed by atoms with Gasteiger partial charge in [0.15, 0.2) is 0 Å². The van der Waals surface area contributed by atoms with Crippen LogP contribution in [0.15, 0.2) is 29.1 Å². The number of carbonyl (C=O) groups excluding carboxylic acids is 1. The standard InChI is InChI=1S/C20H20N6O2S2/c1-12-10-29-19(23-12)18-17(13-2-3-14-15(8-13)30-11-22-14)24-16(25-18)9-21-20(27)26-4-6-28-7-5-26/h2-3,8,10-11H,4-7,9H2,1H3,(H,21,27)(H,24,25). The molecule has 0 radical (unpaired) electrons. The second-order valence-corrected chi connectivity index (χ2v) is 8.74. The van der Waals surface area contributed by atoms with Gasteiger partial charge in [0, 0.05) is 29.7 Å². The highest BCUT2D eigenvalue weighted by atomic mass is 32.1. The smallest absolute Gasteiger partial charge is 0.317 e. The Morgan fingerprint density at radius 3 is 2.93 bits per heavy atom. The van der Waals surface area contributed by atoms with Crippen molar-refractivity contribution in [2.75, 3.05) is 26.3 Å². The van der Waals surface area contributed by atoms with Crippen LogP contribution < -0.4 is 5.32 Å². The van der Waals surface area contributed by atoms with Crippen molar-refractivity contribution < 1.29 is 9.53 Å². The Morgan fingerprint density at radius 1 is 1.27 bits per heavy atom. The van der Waals surface area contributed by atoms with Crippen molar-refractivity contribution in [3.8, 4) is 22.0 Å². The number of urea groups is 1. The van der Waals surface area contributed by atoms with Gasteiger partial charge in [0.05, 0.1) is 41.2 Å². The van der Waals surface area contributed by atoms with Gasteiger partial charge in [-0.3, -0.25) is 0 Å². The molecule has 5 rings (SSSR count). The van der Waals surface area contributed by atoms with E-state index in [1.807, 2.05) is 29.9 Å². The number of aromatic nitrogens is 4. The first kappa shape index (κ1) is 19.2. The molecule has 8 nitrogen and oxygen atoms in total. The first-order chi connectivity index (χ1) is 14.7. The Hall–Kier alpha value is -2.82. The molecule has 1 saturated heterocycles. The fraction of sp³-hybridized carbons (Fsp3) is 0.300. The number of rotatable bonds is 4. The van der Waals surface area contributed by atoms with E-state index in [0.717, 1.165) is 37.9 Å². The van der Waals surface area contributed by atoms with Crippen molar-refractivity contribution in [3.05, 3.63) is 40.6 Å². The lowest BCUT2D eigenvalue weighted by Gasteiger charge is -2.26. The molecule has 1 aromatic carbocycles. The number of aryl methyl sites for hydroxylation is 1. The van der Waals surface area contributed by atoms with Crippen molar-refractivity contribution in [2.24, 2.45) is 0 Å². The number of thiazole rings is 2. The van der Waals surface area contributed by atoms with E-state index >= 15 is 0 Å². The van der Waals surface area contributed by atoms with Gasteiger partial charge in [0.25, 0.3) is 0 Å². The summed E-state index contributed by atoms with van der Waals surface area (Å²) in [6, 6.07) is 6.06. The van der Waals surface area contributed by atoms with Crippen LogP contribution in [-0.4, -0.2) is 57.2 Å². The number of carbonyl (C=O) groups is 1. The van der Waals surface area contributed by atoms with Gasteiger partial charge < -0.3 is 19.9 Å². The molecular formula is C20H20N6O2S2. The fourth-order valence-corrected chi connectivity index (χ4v) is 4.89. The monoisotopic (exact) mass is 440 g/mol. The summed E-state index contributed by atoms with van der Waals surface area (Å²) in [6.07, 6.45) is 0. The van der Waals surface area contributed by atoms with E-state index in [1.54, 1.807) is 27.6 Å². The van der Waals surface area contributed by atoms with E-state index in [9.17, 15) is 4.79 Å². The Labute approximate surface area is 181 Å². The van der Waals surface area contributed by atoms with Gasteiger partial charge in [-0.25, -0.2) is 19.7 Å². The van der Waals surface area contributed by atoms with Crippen LogP contribution in [0.2, 0.25) is 0 Å². The summed E-state index contributed by atoms with van der Waals surface area (Å²) in [7, 11) is 0. The van der Waals surface area contributed by atoms with E-state index in [4.69, 9.17) is 9.72 Å². The number of nitrogens with one attached hydrogen (secondary N) is 2. The number of nitrogens with zero attached hydrogens (tertiary/aromatic N) is 4. The van der Waals surface area contributed by atoms with Crippen LogP contribution in [0, 0.1) is 6.92 Å². The summed E-state index contributed by atoms with van der Waals surface area (Å²) in [5.74, 6) is 0.693. The van der Waals surface area contributed by atoms with Crippen molar-refractivity contribution in [3.63, 3.8) is 0 Å². The maximum absolute atomic E-state index is 12.4. The van der Waals surface area contributed by atoms with Crippen molar-refractivity contribution in [1.29, 1.82) is 0 Å². The summed E-state index contributed by atoms with van der Waals surface area (Å²) < 4.78 is 6.42. The number of benzene rings is 1. The minimum absolute atomic E-state index is 0.103. The van der Waals surface area contributed by atoms with E-state index in [0.29, 0.717) is 38.7 Å². The van der Waals surface area contributed by atoms with E-state index in [1.165, 1.54) is 0 Å². The van der Waals surface area contributed by atoms with Gasteiger partial charge >= 0.3 is 6.03 Å². The maximum Gasteiger partial charge on any atom is 0.317 e. The number of hydrogen-bond acceptors (Lipinski definition) is 7. The highest BCUT2D eigenvalue weighted by Gasteiger charge is 2.20. The molecule has 4 heterocycles. The normalized spacial score (nSPS) is 14.4. The first-order valence-corrected chi connectivity index (χ1v) is 11.4. The molecule has 1 aliphatic heterocycles. The van der Waals surface area contributed by atoms with Crippen LogP contribution in [0.5, 0.6) is 0 Å². The predicted octanol–water partition coefficient (Wildman–Crippen LogP) is 3.66. The van der Waals surface area contributed by atoms with Gasteiger partial charge in [-0.05, 0) is 19.1 Å². The third-order valence-electron chi connectivity index (χ3n) is 4.90. The van der Waals surface area contributed by atoms with Crippen LogP contribution >= 0.6 is 22.7 Å². The second-order valence-electron chi connectivity index (χ2n) is 6.99. The molecule has 0 aliphatic carbocycles. The molecule has 1 fully saturated rings. The zero-order valence-electron chi connectivity index (χ0n) is 16.3. The average molecular weight is 441 g/mol. The largest absolute Gasteiger partial charge is 0.378 e. The van der Waals surface area contributed by atoms with Crippen LogP contribution in [0.1, 0.15) is 11.5 Å². The number of imidazole rings is 1. The SMILES string of the molecule is Cc1csc(-c2nc(CNC(=O)N3CCOCC3)[nH]c2-c2ccc3ncsc3c2)n1. The summed E-state index contributed by atoms with van der Waals surface area (Å²) in [6.45, 7) is 4.65. The Morgan fingerprint density at radius 2 is 2.13 bits per heavy atom. The highest BCUT2D eigenvalue weighted by molar-refractivity contribution is 7.16. The van der Waals surface area contributed by atoms with Crippen molar-refractivity contribution in [1.82, 2.24) is 30.2 Å². The summed E-state index contributed by atoms with van der Waals surface area (Å²) >= 11 is 3.17. The average Bonchev–Trinajstić information content (AvgIpc) is 3.51. The molecule has 4 aromatic rings. The molecule has 30 heavy (non-hydrogen) atoms. The zero-order chi connectivity index (χ0) is 20.5. The van der Waals surface area contributed by atoms with Gasteiger partial charge in [-0.2, -0.15) is 0 Å². The molecule has 3 aromatic heterocycles. The van der Waals surface area contributed by atoms with Crippen LogP contribution in [0.4, 0.5) is 4.79 Å². The fourth-order valence-electron chi connectivity index (χ4n) is 3.38. The number of ether oxygens (including phenoxy) is 1. The molecular weight excluding hydrogens is 420 g/mol. The molecule has 2 N–H and O–H groups in total. The van der Waals surface area contributed by atoms with E-state index in [2.05, 4.69) is 26.3 Å². The molecule has 1 aliphatic rings. The van der Waals surface area contributed by atoms with Crippen molar-refractivity contribution in [2.45, 2.75) is 13.5 Å². The number of fused-ring (bicyclic) bond motifs is 1. The third-order valence-corrected chi connectivity index (χ3v) is 6.66. The van der Waals surface area contributed by atoms with E-state index < -0.39 is 0 Å². The number of aromatic amines is 1. The quantitative estimate of drug-likeness (QED) is 0.505. The zero-order valence-corrected chi connectivity index (χ0v) is 18.0. The first-order valence-electron chi connectivity index (χ1n) is 9.63. The maximum atomic E-state index is 12.4. The minimum atomic E-state index is -0.103. The molecule has 0 spiro atoms.